The Labute approximate surface area is 100 Å². The molecule has 0 radical (unpaired) electrons. The van der Waals surface area contributed by atoms with Crippen LogP contribution in [-0.2, 0) is 13.5 Å². The number of hydrogen-bond acceptors (Lipinski definition) is 3. The summed E-state index contributed by atoms with van der Waals surface area (Å²) in [5.74, 6) is 0.812. The number of rotatable bonds is 3. The van der Waals surface area contributed by atoms with Gasteiger partial charge in [-0.1, -0.05) is 0 Å². The molecule has 0 saturated carbocycles. The third-order valence-electron chi connectivity index (χ3n) is 2.54. The van der Waals surface area contributed by atoms with E-state index in [4.69, 9.17) is 10.00 Å². The van der Waals surface area contributed by atoms with Crippen molar-refractivity contribution in [2.75, 3.05) is 7.11 Å². The minimum absolute atomic E-state index is 0.370. The van der Waals surface area contributed by atoms with Crippen molar-refractivity contribution in [3.05, 3.63) is 36.0 Å². The summed E-state index contributed by atoms with van der Waals surface area (Å²) in [4.78, 5) is 0. The zero-order valence-electron chi connectivity index (χ0n) is 9.84. The molecule has 4 heteroatoms. The van der Waals surface area contributed by atoms with Gasteiger partial charge in [0.2, 0.25) is 0 Å². The molecule has 0 atom stereocenters. The average Bonchev–Trinajstić information content (AvgIpc) is 2.71. The molecule has 0 aliphatic heterocycles. The zero-order valence-corrected chi connectivity index (χ0v) is 9.84. The van der Waals surface area contributed by atoms with E-state index in [1.165, 1.54) is 0 Å². The van der Waals surface area contributed by atoms with Crippen LogP contribution in [0.25, 0.3) is 11.3 Å². The van der Waals surface area contributed by atoms with Crippen LogP contribution in [0.5, 0.6) is 5.75 Å². The van der Waals surface area contributed by atoms with Gasteiger partial charge in [0.1, 0.15) is 5.75 Å². The first kappa shape index (κ1) is 11.2. The van der Waals surface area contributed by atoms with E-state index in [-0.39, 0.29) is 0 Å². The first-order chi connectivity index (χ1) is 8.24. The summed E-state index contributed by atoms with van der Waals surface area (Å²) in [6.07, 6.45) is 2.25. The summed E-state index contributed by atoms with van der Waals surface area (Å²) >= 11 is 0. The van der Waals surface area contributed by atoms with Gasteiger partial charge < -0.3 is 4.74 Å². The lowest BCUT2D eigenvalue weighted by atomic mass is 10.1. The van der Waals surface area contributed by atoms with Crippen LogP contribution in [-0.4, -0.2) is 16.9 Å². The first-order valence-electron chi connectivity index (χ1n) is 5.28. The first-order valence-corrected chi connectivity index (χ1v) is 5.28. The highest BCUT2D eigenvalue weighted by Crippen LogP contribution is 2.24. The van der Waals surface area contributed by atoms with Crippen LogP contribution < -0.4 is 4.74 Å². The highest BCUT2D eigenvalue weighted by Gasteiger charge is 2.09. The summed E-state index contributed by atoms with van der Waals surface area (Å²) < 4.78 is 6.84. The van der Waals surface area contributed by atoms with Gasteiger partial charge in [-0.15, -0.1) is 0 Å². The molecule has 0 saturated heterocycles. The van der Waals surface area contributed by atoms with E-state index in [1.54, 1.807) is 11.8 Å². The lowest BCUT2D eigenvalue weighted by Gasteiger charge is -2.02. The number of nitriles is 1. The van der Waals surface area contributed by atoms with Crippen LogP contribution in [0.3, 0.4) is 0 Å². The van der Waals surface area contributed by atoms with Crippen LogP contribution in [0.1, 0.15) is 5.56 Å². The maximum absolute atomic E-state index is 8.78. The number of benzene rings is 1. The fourth-order valence-corrected chi connectivity index (χ4v) is 1.74. The third kappa shape index (κ3) is 2.28. The predicted molar refractivity (Wildman–Crippen MR) is 64.5 cm³/mol. The Morgan fingerprint density at radius 2 is 2.06 bits per heavy atom. The quantitative estimate of drug-likeness (QED) is 0.807. The lowest BCUT2D eigenvalue weighted by Crippen LogP contribution is -1.88. The average molecular weight is 227 g/mol. The largest absolute Gasteiger partial charge is 0.497 e. The minimum Gasteiger partial charge on any atom is -0.497 e. The smallest absolute Gasteiger partial charge is 0.118 e. The molecule has 0 amide bonds. The number of hydrogen-bond donors (Lipinski definition) is 0. The van der Waals surface area contributed by atoms with Gasteiger partial charge in [-0.05, 0) is 24.3 Å². The van der Waals surface area contributed by atoms with Crippen LogP contribution in [0.4, 0.5) is 0 Å². The van der Waals surface area contributed by atoms with Crippen LogP contribution in [0, 0.1) is 11.3 Å². The second-order valence-electron chi connectivity index (χ2n) is 3.74. The van der Waals surface area contributed by atoms with Crippen molar-refractivity contribution in [2.24, 2.45) is 7.05 Å². The molecule has 0 N–H and O–H groups in total. The Morgan fingerprint density at radius 1 is 1.35 bits per heavy atom. The zero-order chi connectivity index (χ0) is 12.3. The molecule has 0 fully saturated rings. The summed E-state index contributed by atoms with van der Waals surface area (Å²) in [7, 11) is 3.49. The van der Waals surface area contributed by atoms with Crippen molar-refractivity contribution in [1.82, 2.24) is 9.78 Å². The Bertz CT molecular complexity index is 549. The van der Waals surface area contributed by atoms with E-state index < -0.39 is 0 Å². The molecule has 1 aromatic heterocycles. The molecule has 86 valence electrons. The maximum atomic E-state index is 8.78. The highest BCUT2D eigenvalue weighted by molar-refractivity contribution is 5.63. The fourth-order valence-electron chi connectivity index (χ4n) is 1.74. The third-order valence-corrected chi connectivity index (χ3v) is 2.54. The van der Waals surface area contributed by atoms with Gasteiger partial charge in [0.05, 0.1) is 25.3 Å². The van der Waals surface area contributed by atoms with Crippen molar-refractivity contribution >= 4 is 0 Å². The Kier molecular flexibility index (Phi) is 3.10. The van der Waals surface area contributed by atoms with Crippen molar-refractivity contribution in [2.45, 2.75) is 6.42 Å². The number of ether oxygens (including phenoxy) is 1. The normalized spacial score (nSPS) is 9.94. The van der Waals surface area contributed by atoms with E-state index >= 15 is 0 Å². The van der Waals surface area contributed by atoms with Crippen LogP contribution >= 0.6 is 0 Å². The maximum Gasteiger partial charge on any atom is 0.118 e. The van der Waals surface area contributed by atoms with Gasteiger partial charge in [-0.3, -0.25) is 4.68 Å². The standard InChI is InChI=1S/C13H13N3O/c1-16-9-11(7-8-14)13(15-16)10-3-5-12(17-2)6-4-10/h3-6,9H,7H2,1-2H3. The van der Waals surface area contributed by atoms with Crippen LogP contribution in [0.2, 0.25) is 0 Å². The Hall–Kier alpha value is -2.28. The summed E-state index contributed by atoms with van der Waals surface area (Å²) in [5, 5.41) is 13.2. The van der Waals surface area contributed by atoms with Crippen molar-refractivity contribution in [1.29, 1.82) is 5.26 Å². The molecule has 0 bridgehead atoms. The molecule has 1 aromatic carbocycles. The number of methoxy groups -OCH3 is 1. The topological polar surface area (TPSA) is 50.8 Å². The van der Waals surface area contributed by atoms with E-state index in [0.717, 1.165) is 22.6 Å². The van der Waals surface area contributed by atoms with Gasteiger partial charge in [-0.25, -0.2) is 0 Å². The molecule has 2 aromatic rings. The Morgan fingerprint density at radius 3 is 2.65 bits per heavy atom. The summed E-state index contributed by atoms with van der Waals surface area (Å²) in [5.41, 5.74) is 2.80. The fraction of sp³-hybridized carbons (Fsp3) is 0.231. The van der Waals surface area contributed by atoms with Gasteiger partial charge in [0.25, 0.3) is 0 Å². The number of aromatic nitrogens is 2. The van der Waals surface area contributed by atoms with Crippen LogP contribution in [0.15, 0.2) is 30.5 Å². The SMILES string of the molecule is COc1ccc(-c2nn(C)cc2CC#N)cc1. The van der Waals surface area contributed by atoms with Gasteiger partial charge in [0.15, 0.2) is 0 Å². The van der Waals surface area contributed by atoms with Gasteiger partial charge >= 0.3 is 0 Å². The van der Waals surface area contributed by atoms with Gasteiger partial charge in [-0.2, -0.15) is 10.4 Å². The Balaban J connectivity index is 2.41. The predicted octanol–water partition coefficient (Wildman–Crippen LogP) is 2.16. The summed E-state index contributed by atoms with van der Waals surface area (Å²) in [6.45, 7) is 0. The van der Waals surface area contributed by atoms with E-state index in [2.05, 4.69) is 11.2 Å². The molecule has 0 spiro atoms. The highest BCUT2D eigenvalue weighted by atomic mass is 16.5. The lowest BCUT2D eigenvalue weighted by molar-refractivity contribution is 0.415. The van der Waals surface area contributed by atoms with E-state index in [1.807, 2.05) is 37.5 Å². The molecule has 0 unspecified atom stereocenters. The van der Waals surface area contributed by atoms with Crippen molar-refractivity contribution in [3.8, 4) is 23.1 Å². The molecular weight excluding hydrogens is 214 g/mol. The second kappa shape index (κ2) is 4.71. The molecule has 0 aliphatic carbocycles. The molecule has 4 nitrogen and oxygen atoms in total. The summed E-state index contributed by atoms with van der Waals surface area (Å²) in [6, 6.07) is 9.82. The monoisotopic (exact) mass is 227 g/mol. The van der Waals surface area contributed by atoms with Crippen molar-refractivity contribution in [3.63, 3.8) is 0 Å². The molecule has 17 heavy (non-hydrogen) atoms. The minimum atomic E-state index is 0.370. The van der Waals surface area contributed by atoms with Crippen molar-refractivity contribution < 1.29 is 4.74 Å². The molecular formula is C13H13N3O. The molecule has 2 rings (SSSR count). The number of aryl methyl sites for hydroxylation is 1. The molecule has 1 heterocycles. The molecule has 0 aliphatic rings. The van der Waals surface area contributed by atoms with E-state index in [9.17, 15) is 0 Å². The number of nitrogens with zero attached hydrogens (tertiary/aromatic N) is 3. The van der Waals surface area contributed by atoms with Gasteiger partial charge in [0, 0.05) is 24.4 Å². The van der Waals surface area contributed by atoms with E-state index in [0.29, 0.717) is 6.42 Å². The second-order valence-corrected chi connectivity index (χ2v) is 3.74.